The molecule has 4 N–H and O–H groups in total. The zero-order valence-corrected chi connectivity index (χ0v) is 13.6. The van der Waals surface area contributed by atoms with Gasteiger partial charge in [0, 0.05) is 11.0 Å². The van der Waals surface area contributed by atoms with Gasteiger partial charge in [0.25, 0.3) is 5.91 Å². The second kappa shape index (κ2) is 6.86. The van der Waals surface area contributed by atoms with Crippen molar-refractivity contribution in [2.45, 2.75) is 13.3 Å². The average Bonchev–Trinajstić information content (AvgIpc) is 2.81. The molecule has 8 heteroatoms. The van der Waals surface area contributed by atoms with E-state index in [9.17, 15) is 9.18 Å². The number of nitrogens with two attached hydrogens (primary N) is 1. The van der Waals surface area contributed by atoms with Crippen LogP contribution in [-0.4, -0.2) is 17.4 Å². The van der Waals surface area contributed by atoms with Crippen molar-refractivity contribution in [3.63, 3.8) is 0 Å². The quantitative estimate of drug-likeness (QED) is 0.747. The molecule has 2 aromatic rings. The van der Waals surface area contributed by atoms with Crippen LogP contribution in [0.4, 0.5) is 21.0 Å². The van der Waals surface area contributed by atoms with Gasteiger partial charge in [0.2, 0.25) is 0 Å². The first-order valence-corrected chi connectivity index (χ1v) is 7.88. The van der Waals surface area contributed by atoms with Gasteiger partial charge in [-0.3, -0.25) is 4.79 Å². The maximum Gasteiger partial charge on any atom is 0.269 e. The van der Waals surface area contributed by atoms with E-state index in [4.69, 9.17) is 5.73 Å². The second-order valence-corrected chi connectivity index (χ2v) is 6.09. The zero-order valence-electron chi connectivity index (χ0n) is 11.2. The van der Waals surface area contributed by atoms with Crippen molar-refractivity contribution in [2.75, 3.05) is 22.9 Å². The lowest BCUT2D eigenvalue weighted by atomic mass is 10.3. The molecule has 0 saturated heterocycles. The van der Waals surface area contributed by atoms with Gasteiger partial charge in [-0.2, -0.15) is 0 Å². The Morgan fingerprint density at radius 1 is 1.52 bits per heavy atom. The third-order valence-electron chi connectivity index (χ3n) is 2.57. The van der Waals surface area contributed by atoms with E-state index in [-0.39, 0.29) is 17.5 Å². The Labute approximate surface area is 133 Å². The number of rotatable bonds is 5. The molecule has 2 rings (SSSR count). The van der Waals surface area contributed by atoms with E-state index in [1.54, 1.807) is 0 Å². The first-order chi connectivity index (χ1) is 10.0. The number of anilines is 3. The summed E-state index contributed by atoms with van der Waals surface area (Å²) in [6, 6.07) is 4.02. The predicted octanol–water partition coefficient (Wildman–Crippen LogP) is 3.70. The number of nitrogens with zero attached hydrogens (tertiary/aromatic N) is 1. The average molecular weight is 373 g/mol. The normalized spacial score (nSPS) is 10.4. The van der Waals surface area contributed by atoms with E-state index < -0.39 is 0 Å². The molecule has 0 saturated carbocycles. The minimum atomic E-state index is -0.386. The fourth-order valence-electron chi connectivity index (χ4n) is 1.57. The third kappa shape index (κ3) is 3.92. The minimum absolute atomic E-state index is 0.175. The summed E-state index contributed by atoms with van der Waals surface area (Å²) in [7, 11) is 0. The Hall–Kier alpha value is -1.67. The van der Waals surface area contributed by atoms with Gasteiger partial charge in [-0.15, -0.1) is 0 Å². The molecule has 0 atom stereocenters. The molecule has 0 radical (unpaired) electrons. The largest absolute Gasteiger partial charge is 0.382 e. The lowest BCUT2D eigenvalue weighted by molar-refractivity contribution is 0.103. The molecule has 1 amide bonds. The summed E-state index contributed by atoms with van der Waals surface area (Å²) in [5, 5.41) is 6.36. The molecule has 0 aliphatic rings. The van der Waals surface area contributed by atoms with Gasteiger partial charge in [0.05, 0.1) is 5.69 Å². The van der Waals surface area contributed by atoms with Crippen LogP contribution < -0.4 is 16.4 Å². The summed E-state index contributed by atoms with van der Waals surface area (Å²) in [4.78, 5) is 16.6. The molecule has 21 heavy (non-hydrogen) atoms. The van der Waals surface area contributed by atoms with Crippen LogP contribution in [0.25, 0.3) is 0 Å². The molecule has 0 fully saturated rings. The summed E-state index contributed by atoms with van der Waals surface area (Å²) < 4.78 is 13.5. The topological polar surface area (TPSA) is 80.0 Å². The molecule has 0 bridgehead atoms. The second-order valence-electron chi connectivity index (χ2n) is 4.24. The van der Waals surface area contributed by atoms with Crippen LogP contribution in [0.15, 0.2) is 22.7 Å². The van der Waals surface area contributed by atoms with E-state index in [2.05, 4.69) is 31.5 Å². The van der Waals surface area contributed by atoms with Crippen LogP contribution in [0.2, 0.25) is 0 Å². The van der Waals surface area contributed by atoms with Gasteiger partial charge < -0.3 is 16.4 Å². The van der Waals surface area contributed by atoms with Crippen LogP contribution in [0.1, 0.15) is 23.0 Å². The van der Waals surface area contributed by atoms with Crippen LogP contribution >= 0.6 is 27.3 Å². The summed E-state index contributed by atoms with van der Waals surface area (Å²) in [5.74, 6) is -0.584. The van der Waals surface area contributed by atoms with Crippen LogP contribution in [0.3, 0.4) is 0 Å². The maximum absolute atomic E-state index is 13.0. The van der Waals surface area contributed by atoms with Gasteiger partial charge in [-0.05, 0) is 40.5 Å². The molecular weight excluding hydrogens is 359 g/mol. The number of nitrogens with one attached hydrogen (secondary N) is 2. The Morgan fingerprint density at radius 3 is 2.95 bits per heavy atom. The number of amides is 1. The number of nitrogen functional groups attached to an aromatic ring is 1. The highest BCUT2D eigenvalue weighted by Crippen LogP contribution is 2.28. The Bertz CT molecular complexity index is 662. The fraction of sp³-hybridized carbons (Fsp3) is 0.231. The standard InChI is InChI=1S/C13H14BrFN4OS/c1-2-5-17-13-19-11(16)10(21-13)12(20)18-9-4-3-7(15)6-8(9)14/h3-4,6H,2,5,16H2,1H3,(H,17,19)(H,18,20). The van der Waals surface area contributed by atoms with Crippen molar-refractivity contribution >= 4 is 49.8 Å². The Balaban J connectivity index is 2.14. The molecule has 1 aromatic carbocycles. The van der Waals surface area contributed by atoms with Crippen LogP contribution in [-0.2, 0) is 0 Å². The van der Waals surface area contributed by atoms with E-state index in [0.29, 0.717) is 20.2 Å². The van der Waals surface area contributed by atoms with Gasteiger partial charge in [0.1, 0.15) is 16.5 Å². The van der Waals surface area contributed by atoms with Gasteiger partial charge >= 0.3 is 0 Å². The SMILES string of the molecule is CCCNc1nc(N)c(C(=O)Nc2ccc(F)cc2Br)s1. The molecular formula is C13H14BrFN4OS. The van der Waals surface area contributed by atoms with E-state index in [1.807, 2.05) is 6.92 Å². The van der Waals surface area contributed by atoms with Crippen molar-refractivity contribution in [1.29, 1.82) is 0 Å². The summed E-state index contributed by atoms with van der Waals surface area (Å²) in [6.45, 7) is 2.79. The number of halogens is 2. The molecule has 5 nitrogen and oxygen atoms in total. The van der Waals surface area contributed by atoms with Gasteiger partial charge in [-0.1, -0.05) is 18.3 Å². The molecule has 1 heterocycles. The highest BCUT2D eigenvalue weighted by Gasteiger charge is 2.17. The lowest BCUT2D eigenvalue weighted by Crippen LogP contribution is -2.12. The molecule has 0 unspecified atom stereocenters. The maximum atomic E-state index is 13.0. The molecule has 0 spiro atoms. The summed E-state index contributed by atoms with van der Waals surface area (Å²) in [6.07, 6.45) is 0.948. The number of aromatic nitrogens is 1. The van der Waals surface area contributed by atoms with Gasteiger partial charge in [-0.25, -0.2) is 9.37 Å². The highest BCUT2D eigenvalue weighted by molar-refractivity contribution is 9.10. The first kappa shape index (κ1) is 15.7. The van der Waals surface area contributed by atoms with E-state index in [1.165, 1.54) is 29.5 Å². The first-order valence-electron chi connectivity index (χ1n) is 6.27. The minimum Gasteiger partial charge on any atom is -0.382 e. The Kier molecular flexibility index (Phi) is 5.13. The van der Waals surface area contributed by atoms with Crippen molar-refractivity contribution < 1.29 is 9.18 Å². The molecule has 0 aliphatic carbocycles. The third-order valence-corrected chi connectivity index (χ3v) is 4.25. The van der Waals surface area contributed by atoms with E-state index in [0.717, 1.165) is 13.0 Å². The summed E-state index contributed by atoms with van der Waals surface area (Å²) in [5.41, 5.74) is 6.23. The van der Waals surface area contributed by atoms with Crippen molar-refractivity contribution in [1.82, 2.24) is 4.98 Å². The number of thiazole rings is 1. The number of hydrogen-bond donors (Lipinski definition) is 3. The smallest absolute Gasteiger partial charge is 0.269 e. The van der Waals surface area contributed by atoms with Crippen LogP contribution in [0, 0.1) is 5.82 Å². The number of hydrogen-bond acceptors (Lipinski definition) is 5. The van der Waals surface area contributed by atoms with Crippen LogP contribution in [0.5, 0.6) is 0 Å². The molecule has 112 valence electrons. The number of carbonyl (C=O) groups excluding carboxylic acids is 1. The molecule has 0 aliphatic heterocycles. The number of carbonyl (C=O) groups is 1. The monoisotopic (exact) mass is 372 g/mol. The number of benzene rings is 1. The highest BCUT2D eigenvalue weighted by atomic mass is 79.9. The van der Waals surface area contributed by atoms with Crippen molar-refractivity contribution in [3.05, 3.63) is 33.4 Å². The zero-order chi connectivity index (χ0) is 15.4. The lowest BCUT2D eigenvalue weighted by Gasteiger charge is -2.06. The fourth-order valence-corrected chi connectivity index (χ4v) is 2.83. The van der Waals surface area contributed by atoms with Crippen molar-refractivity contribution in [3.8, 4) is 0 Å². The van der Waals surface area contributed by atoms with Crippen molar-refractivity contribution in [2.24, 2.45) is 0 Å². The van der Waals surface area contributed by atoms with E-state index >= 15 is 0 Å². The van der Waals surface area contributed by atoms with Gasteiger partial charge in [0.15, 0.2) is 5.13 Å². The molecule has 1 aromatic heterocycles. The summed E-state index contributed by atoms with van der Waals surface area (Å²) >= 11 is 4.38. The predicted molar refractivity (Wildman–Crippen MR) is 87.4 cm³/mol. The Morgan fingerprint density at radius 2 is 2.29 bits per heavy atom.